The number of esters is 1. The van der Waals surface area contributed by atoms with E-state index in [0.717, 1.165) is 0 Å². The molecular formula is C11H16O6. The Morgan fingerprint density at radius 1 is 1.35 bits per heavy atom. The average molecular weight is 244 g/mol. The van der Waals surface area contributed by atoms with E-state index in [4.69, 9.17) is 14.2 Å². The molecule has 2 N–H and O–H groups in total. The zero-order valence-corrected chi connectivity index (χ0v) is 9.80. The molecule has 0 amide bonds. The Bertz CT molecular complexity index is 357. The summed E-state index contributed by atoms with van der Waals surface area (Å²) in [6.07, 6.45) is -0.222. The SMILES string of the molecule is CCC1(CC)OC[C@@H]([C@H]2OC(=O)C(O)=C2O)O1. The molecule has 0 saturated carbocycles. The van der Waals surface area contributed by atoms with Crippen molar-refractivity contribution in [2.45, 2.75) is 44.7 Å². The minimum absolute atomic E-state index is 0.219. The lowest BCUT2D eigenvalue weighted by molar-refractivity contribution is -0.184. The van der Waals surface area contributed by atoms with Crippen LogP contribution in [0.2, 0.25) is 0 Å². The molecule has 6 heteroatoms. The van der Waals surface area contributed by atoms with Gasteiger partial charge in [-0.2, -0.15) is 0 Å². The third kappa shape index (κ3) is 1.87. The topological polar surface area (TPSA) is 85.2 Å². The van der Waals surface area contributed by atoms with Gasteiger partial charge in [0.25, 0.3) is 0 Å². The van der Waals surface area contributed by atoms with Gasteiger partial charge in [0.2, 0.25) is 5.76 Å². The molecule has 2 heterocycles. The minimum Gasteiger partial charge on any atom is -0.505 e. The highest BCUT2D eigenvalue weighted by atomic mass is 16.8. The third-order valence-electron chi connectivity index (χ3n) is 3.23. The first kappa shape index (κ1) is 12.2. The van der Waals surface area contributed by atoms with Crippen LogP contribution in [0, 0.1) is 0 Å². The Balaban J connectivity index is 2.10. The molecule has 0 aromatic carbocycles. The van der Waals surface area contributed by atoms with Crippen LogP contribution in [0.1, 0.15) is 26.7 Å². The van der Waals surface area contributed by atoms with Crippen LogP contribution >= 0.6 is 0 Å². The average Bonchev–Trinajstić information content (AvgIpc) is 2.87. The quantitative estimate of drug-likeness (QED) is 0.725. The maximum atomic E-state index is 11.1. The molecule has 0 aromatic heterocycles. The number of rotatable bonds is 3. The number of carbonyl (C=O) groups is 1. The van der Waals surface area contributed by atoms with Crippen molar-refractivity contribution in [2.24, 2.45) is 0 Å². The number of aliphatic hydroxyl groups is 2. The van der Waals surface area contributed by atoms with Gasteiger partial charge in [0.1, 0.15) is 6.10 Å². The molecule has 2 rings (SSSR count). The van der Waals surface area contributed by atoms with Crippen molar-refractivity contribution in [2.75, 3.05) is 6.61 Å². The van der Waals surface area contributed by atoms with Crippen molar-refractivity contribution < 1.29 is 29.2 Å². The van der Waals surface area contributed by atoms with Gasteiger partial charge < -0.3 is 24.4 Å². The van der Waals surface area contributed by atoms with Crippen LogP contribution in [0.15, 0.2) is 11.5 Å². The van der Waals surface area contributed by atoms with Gasteiger partial charge in [-0.1, -0.05) is 13.8 Å². The monoisotopic (exact) mass is 244 g/mol. The van der Waals surface area contributed by atoms with Gasteiger partial charge in [-0.3, -0.25) is 0 Å². The Labute approximate surface area is 98.8 Å². The summed E-state index contributed by atoms with van der Waals surface area (Å²) in [6.45, 7) is 4.08. The third-order valence-corrected chi connectivity index (χ3v) is 3.23. The van der Waals surface area contributed by atoms with Crippen molar-refractivity contribution in [3.8, 4) is 0 Å². The fraction of sp³-hybridized carbons (Fsp3) is 0.727. The van der Waals surface area contributed by atoms with Crippen LogP contribution < -0.4 is 0 Å². The van der Waals surface area contributed by atoms with E-state index >= 15 is 0 Å². The first-order valence-corrected chi connectivity index (χ1v) is 5.68. The zero-order valence-electron chi connectivity index (χ0n) is 9.80. The molecule has 0 aromatic rings. The molecule has 0 spiro atoms. The normalized spacial score (nSPS) is 32.0. The number of cyclic esters (lactones) is 1. The molecule has 2 atom stereocenters. The van der Waals surface area contributed by atoms with Gasteiger partial charge in [-0.15, -0.1) is 0 Å². The highest BCUT2D eigenvalue weighted by molar-refractivity contribution is 5.89. The largest absolute Gasteiger partial charge is 0.505 e. The summed E-state index contributed by atoms with van der Waals surface area (Å²) >= 11 is 0. The van der Waals surface area contributed by atoms with Gasteiger partial charge in [0, 0.05) is 0 Å². The van der Waals surface area contributed by atoms with E-state index in [1.165, 1.54) is 0 Å². The molecule has 96 valence electrons. The summed E-state index contributed by atoms with van der Waals surface area (Å²) < 4.78 is 16.1. The van der Waals surface area contributed by atoms with E-state index < -0.39 is 35.5 Å². The van der Waals surface area contributed by atoms with Crippen LogP contribution in [-0.4, -0.2) is 40.8 Å². The summed E-state index contributed by atoms with van der Waals surface area (Å²) in [6, 6.07) is 0. The smallest absolute Gasteiger partial charge is 0.377 e. The lowest BCUT2D eigenvalue weighted by Gasteiger charge is -2.25. The van der Waals surface area contributed by atoms with Gasteiger partial charge in [-0.25, -0.2) is 4.79 Å². The summed E-state index contributed by atoms with van der Waals surface area (Å²) in [5, 5.41) is 18.8. The molecule has 1 fully saturated rings. The number of carbonyl (C=O) groups excluding carboxylic acids is 1. The summed E-state index contributed by atoms with van der Waals surface area (Å²) in [7, 11) is 0. The van der Waals surface area contributed by atoms with Crippen molar-refractivity contribution >= 4 is 5.97 Å². The summed E-state index contributed by atoms with van der Waals surface area (Å²) in [5.41, 5.74) is 0. The van der Waals surface area contributed by atoms with Gasteiger partial charge in [0.05, 0.1) is 6.61 Å². The van der Waals surface area contributed by atoms with Gasteiger partial charge >= 0.3 is 5.97 Å². The maximum Gasteiger partial charge on any atom is 0.377 e. The molecule has 0 bridgehead atoms. The number of ether oxygens (including phenoxy) is 3. The molecule has 2 aliphatic rings. The standard InChI is InChI=1S/C11H16O6/c1-3-11(4-2)15-5-6(17-11)9-7(12)8(13)10(14)16-9/h6,9,12-13H,3-5H2,1-2H3/t6-,9+/m0/s1. The van der Waals surface area contributed by atoms with Crippen LogP contribution in [-0.2, 0) is 19.0 Å². The van der Waals surface area contributed by atoms with Crippen molar-refractivity contribution in [1.82, 2.24) is 0 Å². The second-order valence-electron chi connectivity index (χ2n) is 4.14. The first-order valence-electron chi connectivity index (χ1n) is 5.68. The van der Waals surface area contributed by atoms with Crippen molar-refractivity contribution in [3.05, 3.63) is 11.5 Å². The van der Waals surface area contributed by atoms with Crippen molar-refractivity contribution in [3.63, 3.8) is 0 Å². The van der Waals surface area contributed by atoms with Crippen molar-refractivity contribution in [1.29, 1.82) is 0 Å². The lowest BCUT2D eigenvalue weighted by Crippen LogP contribution is -2.34. The maximum absolute atomic E-state index is 11.1. The Hall–Kier alpha value is -1.27. The van der Waals surface area contributed by atoms with E-state index in [1.807, 2.05) is 13.8 Å². The predicted octanol–water partition coefficient (Wildman–Crippen LogP) is 1.17. The molecule has 0 unspecified atom stereocenters. The Morgan fingerprint density at radius 3 is 2.41 bits per heavy atom. The second kappa shape index (κ2) is 4.19. The number of aliphatic hydroxyl groups excluding tert-OH is 2. The summed E-state index contributed by atoms with van der Waals surface area (Å²) in [4.78, 5) is 11.1. The molecule has 0 radical (unpaired) electrons. The predicted molar refractivity (Wildman–Crippen MR) is 56.3 cm³/mol. The Kier molecular flexibility index (Phi) is 3.01. The number of hydrogen-bond acceptors (Lipinski definition) is 6. The van der Waals surface area contributed by atoms with Crippen LogP contribution in [0.25, 0.3) is 0 Å². The van der Waals surface area contributed by atoms with Crippen LogP contribution in [0.3, 0.4) is 0 Å². The number of hydrogen-bond donors (Lipinski definition) is 2. The molecular weight excluding hydrogens is 228 g/mol. The van der Waals surface area contributed by atoms with E-state index in [1.54, 1.807) is 0 Å². The highest BCUT2D eigenvalue weighted by Crippen LogP contribution is 2.35. The molecule has 2 aliphatic heterocycles. The first-order chi connectivity index (χ1) is 8.03. The Morgan fingerprint density at radius 2 is 2.00 bits per heavy atom. The van der Waals surface area contributed by atoms with E-state index in [2.05, 4.69) is 0 Å². The van der Waals surface area contributed by atoms with Gasteiger partial charge in [0.15, 0.2) is 17.7 Å². The highest BCUT2D eigenvalue weighted by Gasteiger charge is 2.48. The molecule has 1 saturated heterocycles. The van der Waals surface area contributed by atoms with E-state index in [-0.39, 0.29) is 6.61 Å². The fourth-order valence-electron chi connectivity index (χ4n) is 2.07. The zero-order chi connectivity index (χ0) is 12.6. The minimum atomic E-state index is -0.970. The summed E-state index contributed by atoms with van der Waals surface area (Å²) in [5.74, 6) is -2.84. The molecule has 6 nitrogen and oxygen atoms in total. The molecule has 0 aliphatic carbocycles. The molecule has 17 heavy (non-hydrogen) atoms. The van der Waals surface area contributed by atoms with E-state index in [9.17, 15) is 15.0 Å². The fourth-order valence-corrected chi connectivity index (χ4v) is 2.07. The second-order valence-corrected chi connectivity index (χ2v) is 4.14. The van der Waals surface area contributed by atoms with E-state index in [0.29, 0.717) is 12.8 Å². The van der Waals surface area contributed by atoms with Crippen LogP contribution in [0.4, 0.5) is 0 Å². The van der Waals surface area contributed by atoms with Gasteiger partial charge in [-0.05, 0) is 12.8 Å². The lowest BCUT2D eigenvalue weighted by atomic mass is 10.1. The van der Waals surface area contributed by atoms with Crippen LogP contribution in [0.5, 0.6) is 0 Å².